The molecule has 2 aromatic rings. The summed E-state index contributed by atoms with van der Waals surface area (Å²) in [6.45, 7) is 2.51. The van der Waals surface area contributed by atoms with Crippen LogP contribution in [0.2, 0.25) is 0 Å². The Morgan fingerprint density at radius 1 is 0.633 bits per heavy atom. The van der Waals surface area contributed by atoms with Gasteiger partial charge in [0.1, 0.15) is 23.3 Å². The molecule has 0 amide bonds. The van der Waals surface area contributed by atoms with Gasteiger partial charge >= 0.3 is 0 Å². The van der Waals surface area contributed by atoms with Gasteiger partial charge in [-0.15, -0.1) is 24.8 Å². The fourth-order valence-corrected chi connectivity index (χ4v) is 4.04. The van der Waals surface area contributed by atoms with Crippen LogP contribution < -0.4 is 10.6 Å². The minimum Gasteiger partial charge on any atom is -0.312 e. The molecule has 1 fully saturated rings. The van der Waals surface area contributed by atoms with E-state index in [1.165, 1.54) is 24.3 Å². The van der Waals surface area contributed by atoms with E-state index >= 15 is 0 Å². The van der Waals surface area contributed by atoms with Gasteiger partial charge in [-0.05, 0) is 79.6 Å². The van der Waals surface area contributed by atoms with Gasteiger partial charge in [0, 0.05) is 25.2 Å². The van der Waals surface area contributed by atoms with Crippen molar-refractivity contribution in [3.05, 3.63) is 70.8 Å². The van der Waals surface area contributed by atoms with E-state index in [2.05, 4.69) is 10.6 Å². The summed E-state index contributed by atoms with van der Waals surface area (Å²) in [6.07, 6.45) is 4.48. The van der Waals surface area contributed by atoms with Crippen LogP contribution in [0.1, 0.15) is 36.8 Å². The van der Waals surface area contributed by atoms with E-state index in [9.17, 15) is 17.6 Å². The van der Waals surface area contributed by atoms with Crippen LogP contribution in [0, 0.1) is 35.1 Å². The van der Waals surface area contributed by atoms with Crippen molar-refractivity contribution in [2.24, 2.45) is 11.8 Å². The highest BCUT2D eigenvalue weighted by atomic mass is 35.5. The number of hydrogen-bond donors (Lipinski definition) is 2. The van der Waals surface area contributed by atoms with Gasteiger partial charge in [-0.1, -0.05) is 6.42 Å². The van der Waals surface area contributed by atoms with Crippen LogP contribution in [0.3, 0.4) is 0 Å². The van der Waals surface area contributed by atoms with E-state index in [1.807, 2.05) is 0 Å². The Morgan fingerprint density at radius 2 is 1.00 bits per heavy atom. The summed E-state index contributed by atoms with van der Waals surface area (Å²) in [6, 6.07) is 7.14. The van der Waals surface area contributed by atoms with Gasteiger partial charge in [0.2, 0.25) is 0 Å². The van der Waals surface area contributed by atoms with E-state index in [-0.39, 0.29) is 24.8 Å². The summed E-state index contributed by atoms with van der Waals surface area (Å²) in [7, 11) is 0. The largest absolute Gasteiger partial charge is 0.312 e. The van der Waals surface area contributed by atoms with Crippen molar-refractivity contribution in [3.8, 4) is 0 Å². The quantitative estimate of drug-likeness (QED) is 0.482. The van der Waals surface area contributed by atoms with Crippen LogP contribution >= 0.6 is 24.8 Å². The van der Waals surface area contributed by atoms with Crippen LogP contribution in [-0.4, -0.2) is 13.1 Å². The van der Waals surface area contributed by atoms with E-state index in [4.69, 9.17) is 0 Å². The number of halogens is 6. The van der Waals surface area contributed by atoms with Crippen molar-refractivity contribution < 1.29 is 17.6 Å². The summed E-state index contributed by atoms with van der Waals surface area (Å²) in [5.74, 6) is -1.19. The zero-order valence-electron chi connectivity index (χ0n) is 16.6. The molecule has 2 nitrogen and oxygen atoms in total. The maximum absolute atomic E-state index is 13.2. The van der Waals surface area contributed by atoms with Crippen LogP contribution in [0.5, 0.6) is 0 Å². The minimum atomic E-state index is -0.557. The predicted molar refractivity (Wildman–Crippen MR) is 116 cm³/mol. The molecule has 1 aliphatic rings. The fourth-order valence-electron chi connectivity index (χ4n) is 4.04. The van der Waals surface area contributed by atoms with Gasteiger partial charge in [-0.3, -0.25) is 0 Å². The zero-order chi connectivity index (χ0) is 19.9. The zero-order valence-corrected chi connectivity index (χ0v) is 18.2. The monoisotopic (exact) mass is 466 g/mol. The second-order valence-electron chi connectivity index (χ2n) is 7.72. The Bertz CT molecular complexity index is 688. The second kappa shape index (κ2) is 13.2. The maximum atomic E-state index is 13.2. The Kier molecular flexibility index (Phi) is 11.7. The molecular weight excluding hydrogens is 439 g/mol. The molecule has 2 N–H and O–H groups in total. The van der Waals surface area contributed by atoms with Crippen LogP contribution in [-0.2, 0) is 13.1 Å². The fraction of sp³-hybridized carbons (Fsp3) is 0.455. The van der Waals surface area contributed by atoms with Crippen molar-refractivity contribution in [1.29, 1.82) is 0 Å². The van der Waals surface area contributed by atoms with Gasteiger partial charge in [0.25, 0.3) is 0 Å². The van der Waals surface area contributed by atoms with Crippen molar-refractivity contribution >= 4 is 24.8 Å². The lowest BCUT2D eigenvalue weighted by Crippen LogP contribution is -2.31. The first-order chi connectivity index (χ1) is 13.5. The third-order valence-corrected chi connectivity index (χ3v) is 5.26. The molecule has 2 atom stereocenters. The minimum absolute atomic E-state index is 0. The standard InChI is InChI=1S/C22H26F4N2.2ClH/c23-19-5-17(6-20(24)9-19)13-27-11-15-2-1-3-16(4-15)12-28-14-18-7-21(25)10-22(26)8-18;;/h5-10,15-16,27-28H,1-4,11-14H2;2*1H. The van der Waals surface area contributed by atoms with Gasteiger partial charge in [-0.2, -0.15) is 0 Å². The molecule has 0 aromatic heterocycles. The molecule has 1 saturated carbocycles. The molecule has 3 rings (SSSR count). The van der Waals surface area contributed by atoms with Gasteiger partial charge < -0.3 is 10.6 Å². The summed E-state index contributed by atoms with van der Waals surface area (Å²) in [5.41, 5.74) is 1.21. The summed E-state index contributed by atoms with van der Waals surface area (Å²) in [4.78, 5) is 0. The van der Waals surface area contributed by atoms with Crippen molar-refractivity contribution in [2.45, 2.75) is 38.8 Å². The third-order valence-electron chi connectivity index (χ3n) is 5.26. The molecule has 0 bridgehead atoms. The molecule has 0 spiro atoms. The molecule has 1 aliphatic carbocycles. The Morgan fingerprint density at radius 3 is 1.37 bits per heavy atom. The molecule has 0 aliphatic heterocycles. The van der Waals surface area contributed by atoms with Crippen molar-refractivity contribution in [2.75, 3.05) is 13.1 Å². The normalized spacial score (nSPS) is 18.4. The topological polar surface area (TPSA) is 24.1 Å². The Hall–Kier alpha value is -1.34. The van der Waals surface area contributed by atoms with Crippen LogP contribution in [0.25, 0.3) is 0 Å². The molecular formula is C22H28Cl2F4N2. The highest BCUT2D eigenvalue weighted by Gasteiger charge is 2.21. The van der Waals surface area contributed by atoms with Crippen LogP contribution in [0.4, 0.5) is 17.6 Å². The Labute approximate surface area is 187 Å². The highest BCUT2D eigenvalue weighted by molar-refractivity contribution is 5.85. The second-order valence-corrected chi connectivity index (χ2v) is 7.72. The van der Waals surface area contributed by atoms with E-state index in [0.717, 1.165) is 50.9 Å². The van der Waals surface area contributed by atoms with E-state index in [0.29, 0.717) is 36.1 Å². The smallest absolute Gasteiger partial charge is 0.126 e. The van der Waals surface area contributed by atoms with Crippen LogP contribution in [0.15, 0.2) is 36.4 Å². The highest BCUT2D eigenvalue weighted by Crippen LogP contribution is 2.28. The number of nitrogens with one attached hydrogen (secondary N) is 2. The van der Waals surface area contributed by atoms with Crippen molar-refractivity contribution in [3.63, 3.8) is 0 Å². The van der Waals surface area contributed by atoms with E-state index in [1.54, 1.807) is 0 Å². The molecule has 0 radical (unpaired) electrons. The maximum Gasteiger partial charge on any atom is 0.126 e. The molecule has 168 valence electrons. The number of hydrogen-bond acceptors (Lipinski definition) is 2. The lowest BCUT2D eigenvalue weighted by molar-refractivity contribution is 0.252. The van der Waals surface area contributed by atoms with Gasteiger partial charge in [0.15, 0.2) is 0 Å². The first kappa shape index (κ1) is 26.7. The average Bonchev–Trinajstić information content (AvgIpc) is 2.60. The first-order valence-electron chi connectivity index (χ1n) is 9.79. The Balaban J connectivity index is 0.00000225. The predicted octanol–water partition coefficient (Wildman–Crippen LogP) is 5.77. The molecule has 30 heavy (non-hydrogen) atoms. The van der Waals surface area contributed by atoms with Gasteiger partial charge in [0.05, 0.1) is 0 Å². The molecule has 8 heteroatoms. The molecule has 2 unspecified atom stereocenters. The summed E-state index contributed by atoms with van der Waals surface area (Å²) < 4.78 is 52.9. The molecule has 0 heterocycles. The number of benzene rings is 2. The van der Waals surface area contributed by atoms with Gasteiger partial charge in [-0.25, -0.2) is 17.6 Å². The van der Waals surface area contributed by atoms with Crippen molar-refractivity contribution in [1.82, 2.24) is 10.6 Å². The lowest BCUT2D eigenvalue weighted by Gasteiger charge is -2.29. The lowest BCUT2D eigenvalue weighted by atomic mass is 9.81. The molecule has 0 saturated heterocycles. The van der Waals surface area contributed by atoms with E-state index < -0.39 is 23.3 Å². The number of rotatable bonds is 8. The summed E-state index contributed by atoms with van der Waals surface area (Å²) in [5, 5.41) is 6.61. The SMILES string of the molecule is Cl.Cl.Fc1cc(F)cc(CNCC2CCCC(CNCc3cc(F)cc(F)c3)C2)c1. The third kappa shape index (κ3) is 8.80. The first-order valence-corrected chi connectivity index (χ1v) is 9.79. The average molecular weight is 467 g/mol. The molecule has 2 aromatic carbocycles. The summed E-state index contributed by atoms with van der Waals surface area (Å²) >= 11 is 0.